The summed E-state index contributed by atoms with van der Waals surface area (Å²) in [6.45, 7) is 0. The predicted octanol–water partition coefficient (Wildman–Crippen LogP) is 4.49. The Hall–Kier alpha value is -2.11. The highest BCUT2D eigenvalue weighted by atomic mass is 35.5. The third-order valence-electron chi connectivity index (χ3n) is 3.92. The number of benzene rings is 2. The molecule has 124 valence electrons. The normalized spacial score (nSPS) is 14.8. The van der Waals surface area contributed by atoms with Gasteiger partial charge in [-0.2, -0.15) is 0 Å². The van der Waals surface area contributed by atoms with Gasteiger partial charge in [0.1, 0.15) is 11.2 Å². The average molecular weight is 367 g/mol. The third kappa shape index (κ3) is 3.23. The zero-order chi connectivity index (χ0) is 17.3. The molecule has 0 aliphatic heterocycles. The molecule has 0 spiro atoms. The molecule has 2 N–H and O–H groups in total. The third-order valence-corrected chi connectivity index (χ3v) is 4.48. The van der Waals surface area contributed by atoms with Crippen LogP contribution in [0, 0.1) is 11.2 Å². The molecule has 1 saturated carbocycles. The van der Waals surface area contributed by atoms with E-state index in [0.717, 1.165) is 0 Å². The van der Waals surface area contributed by atoms with Crippen LogP contribution in [0.4, 0.5) is 15.8 Å². The second kappa shape index (κ2) is 6.42. The first-order chi connectivity index (χ1) is 11.4. The lowest BCUT2D eigenvalue weighted by atomic mass is 10.0. The number of carbonyl (C=O) groups excluding carboxylic acids is 2. The van der Waals surface area contributed by atoms with Crippen molar-refractivity contribution in [1.29, 1.82) is 0 Å². The first kappa shape index (κ1) is 16.7. The van der Waals surface area contributed by atoms with Crippen molar-refractivity contribution in [3.05, 3.63) is 58.3 Å². The van der Waals surface area contributed by atoms with E-state index < -0.39 is 23.0 Å². The van der Waals surface area contributed by atoms with Crippen LogP contribution in [0.5, 0.6) is 0 Å². The van der Waals surface area contributed by atoms with Crippen LogP contribution in [0.15, 0.2) is 42.5 Å². The highest BCUT2D eigenvalue weighted by Gasteiger charge is 2.56. The first-order valence-electron chi connectivity index (χ1n) is 7.25. The number of amides is 2. The number of hydrogen-bond donors (Lipinski definition) is 2. The van der Waals surface area contributed by atoms with E-state index in [4.69, 9.17) is 23.2 Å². The first-order valence-corrected chi connectivity index (χ1v) is 8.00. The maximum absolute atomic E-state index is 13.7. The molecular formula is C17H13Cl2FN2O2. The van der Waals surface area contributed by atoms with Gasteiger partial charge >= 0.3 is 0 Å². The molecule has 0 unspecified atom stereocenters. The lowest BCUT2D eigenvalue weighted by molar-refractivity contribution is -0.131. The molecule has 7 heteroatoms. The molecule has 0 atom stereocenters. The lowest BCUT2D eigenvalue weighted by Gasteiger charge is -2.16. The lowest BCUT2D eigenvalue weighted by Crippen LogP contribution is -2.35. The van der Waals surface area contributed by atoms with E-state index >= 15 is 0 Å². The summed E-state index contributed by atoms with van der Waals surface area (Å²) < 4.78 is 13.7. The quantitative estimate of drug-likeness (QED) is 0.783. The van der Waals surface area contributed by atoms with Gasteiger partial charge in [0.05, 0.1) is 16.4 Å². The number of para-hydroxylation sites is 1. The summed E-state index contributed by atoms with van der Waals surface area (Å²) in [4.78, 5) is 24.9. The van der Waals surface area contributed by atoms with Crippen molar-refractivity contribution in [1.82, 2.24) is 0 Å². The van der Waals surface area contributed by atoms with Gasteiger partial charge in [-0.1, -0.05) is 35.3 Å². The van der Waals surface area contributed by atoms with Gasteiger partial charge in [0.15, 0.2) is 0 Å². The van der Waals surface area contributed by atoms with Crippen LogP contribution >= 0.6 is 23.2 Å². The molecule has 4 nitrogen and oxygen atoms in total. The molecule has 0 radical (unpaired) electrons. The zero-order valence-corrected chi connectivity index (χ0v) is 13.9. The Morgan fingerprint density at radius 1 is 0.958 bits per heavy atom. The van der Waals surface area contributed by atoms with E-state index in [1.165, 1.54) is 24.3 Å². The van der Waals surface area contributed by atoms with Crippen LogP contribution in [-0.2, 0) is 9.59 Å². The Bertz CT molecular complexity index is 822. The SMILES string of the molecule is O=C(Nc1ccccc1F)C1(C(=O)Nc2cc(Cl)ccc2Cl)CC1. The summed E-state index contributed by atoms with van der Waals surface area (Å²) in [5.41, 5.74) is -0.838. The molecule has 0 saturated heterocycles. The second-order valence-electron chi connectivity index (χ2n) is 5.59. The molecule has 24 heavy (non-hydrogen) atoms. The number of rotatable bonds is 4. The van der Waals surface area contributed by atoms with Crippen molar-refractivity contribution >= 4 is 46.4 Å². The largest absolute Gasteiger partial charge is 0.324 e. The molecule has 2 aromatic rings. The average Bonchev–Trinajstić information content (AvgIpc) is 3.35. The van der Waals surface area contributed by atoms with Crippen molar-refractivity contribution in [2.24, 2.45) is 5.41 Å². The van der Waals surface area contributed by atoms with Crippen molar-refractivity contribution in [2.75, 3.05) is 10.6 Å². The van der Waals surface area contributed by atoms with Gasteiger partial charge in [0, 0.05) is 5.02 Å². The van der Waals surface area contributed by atoms with Gasteiger partial charge < -0.3 is 10.6 Å². The van der Waals surface area contributed by atoms with Crippen LogP contribution < -0.4 is 10.6 Å². The minimum Gasteiger partial charge on any atom is -0.324 e. The van der Waals surface area contributed by atoms with Gasteiger partial charge in [0.25, 0.3) is 0 Å². The fourth-order valence-electron chi connectivity index (χ4n) is 2.32. The Morgan fingerprint density at radius 2 is 1.58 bits per heavy atom. The molecule has 1 aliphatic carbocycles. The maximum atomic E-state index is 13.7. The van der Waals surface area contributed by atoms with Crippen molar-refractivity contribution in [3.8, 4) is 0 Å². The number of hydrogen-bond acceptors (Lipinski definition) is 2. The minimum absolute atomic E-state index is 0.0439. The maximum Gasteiger partial charge on any atom is 0.240 e. The molecule has 0 bridgehead atoms. The molecule has 0 heterocycles. The van der Waals surface area contributed by atoms with Crippen LogP contribution in [-0.4, -0.2) is 11.8 Å². The van der Waals surface area contributed by atoms with Crippen LogP contribution in [0.2, 0.25) is 10.0 Å². The van der Waals surface area contributed by atoms with Crippen LogP contribution in [0.25, 0.3) is 0 Å². The monoisotopic (exact) mass is 366 g/mol. The van der Waals surface area contributed by atoms with E-state index in [1.807, 2.05) is 0 Å². The number of carbonyl (C=O) groups is 2. The van der Waals surface area contributed by atoms with E-state index in [2.05, 4.69) is 10.6 Å². The summed E-state index contributed by atoms with van der Waals surface area (Å²) >= 11 is 11.9. The topological polar surface area (TPSA) is 58.2 Å². The Morgan fingerprint density at radius 3 is 2.21 bits per heavy atom. The molecule has 1 fully saturated rings. The summed E-state index contributed by atoms with van der Waals surface area (Å²) in [6, 6.07) is 10.5. The van der Waals surface area contributed by atoms with Crippen LogP contribution in [0.3, 0.4) is 0 Å². The molecular weight excluding hydrogens is 354 g/mol. The Labute approximate surface area is 148 Å². The van der Waals surface area contributed by atoms with Crippen molar-refractivity contribution < 1.29 is 14.0 Å². The predicted molar refractivity (Wildman–Crippen MR) is 91.8 cm³/mol. The molecule has 1 aliphatic rings. The smallest absolute Gasteiger partial charge is 0.240 e. The van der Waals surface area contributed by atoms with Crippen LogP contribution in [0.1, 0.15) is 12.8 Å². The van der Waals surface area contributed by atoms with E-state index in [-0.39, 0.29) is 5.69 Å². The Kier molecular flexibility index (Phi) is 4.47. The van der Waals surface area contributed by atoms with Gasteiger partial charge in [-0.25, -0.2) is 4.39 Å². The number of halogens is 3. The zero-order valence-electron chi connectivity index (χ0n) is 12.4. The fraction of sp³-hybridized carbons (Fsp3) is 0.176. The summed E-state index contributed by atoms with van der Waals surface area (Å²) in [6.07, 6.45) is 0.772. The molecule has 3 rings (SSSR count). The second-order valence-corrected chi connectivity index (χ2v) is 6.44. The summed E-state index contributed by atoms with van der Waals surface area (Å²) in [7, 11) is 0. The van der Waals surface area contributed by atoms with Gasteiger partial charge in [-0.3, -0.25) is 9.59 Å². The van der Waals surface area contributed by atoms with Gasteiger partial charge in [-0.05, 0) is 43.2 Å². The Balaban J connectivity index is 1.75. The molecule has 2 amide bonds. The van der Waals surface area contributed by atoms with Gasteiger partial charge in [0.2, 0.25) is 11.8 Å². The number of anilines is 2. The molecule has 2 aromatic carbocycles. The van der Waals surface area contributed by atoms with E-state index in [9.17, 15) is 14.0 Å². The minimum atomic E-state index is -1.21. The highest BCUT2D eigenvalue weighted by Crippen LogP contribution is 2.48. The van der Waals surface area contributed by atoms with Crippen molar-refractivity contribution in [2.45, 2.75) is 12.8 Å². The summed E-state index contributed by atoms with van der Waals surface area (Å²) in [5.74, 6) is -1.58. The molecule has 0 aromatic heterocycles. The van der Waals surface area contributed by atoms with E-state index in [1.54, 1.807) is 18.2 Å². The van der Waals surface area contributed by atoms with Crippen molar-refractivity contribution in [3.63, 3.8) is 0 Å². The summed E-state index contributed by atoms with van der Waals surface area (Å²) in [5, 5.41) is 5.83. The fourth-order valence-corrected chi connectivity index (χ4v) is 2.66. The van der Waals surface area contributed by atoms with Gasteiger partial charge in [-0.15, -0.1) is 0 Å². The van der Waals surface area contributed by atoms with E-state index in [0.29, 0.717) is 28.6 Å². The standard InChI is InChI=1S/C17H13Cl2FN2O2/c18-10-5-6-11(19)14(9-10)22-16(24)17(7-8-17)15(23)21-13-4-2-1-3-12(13)20/h1-6,9H,7-8H2,(H,21,23)(H,22,24). The highest BCUT2D eigenvalue weighted by molar-refractivity contribution is 6.36. The number of nitrogens with one attached hydrogen (secondary N) is 2.